The summed E-state index contributed by atoms with van der Waals surface area (Å²) in [5, 5.41) is 4.86. The number of hydrogen-bond donors (Lipinski definition) is 2. The normalized spacial score (nSPS) is 11.7. The van der Waals surface area contributed by atoms with Gasteiger partial charge < -0.3 is 24.8 Å². The summed E-state index contributed by atoms with van der Waals surface area (Å²) in [7, 11) is 1.20. The van der Waals surface area contributed by atoms with Gasteiger partial charge in [-0.05, 0) is 39.2 Å². The van der Waals surface area contributed by atoms with Crippen LogP contribution >= 0.6 is 0 Å². The second-order valence-corrected chi connectivity index (χ2v) is 7.53. The van der Waals surface area contributed by atoms with Crippen LogP contribution in [0, 0.1) is 0 Å². The number of ether oxygens (including phenoxy) is 3. The predicted octanol–water partition coefficient (Wildman–Crippen LogP) is 2.08. The van der Waals surface area contributed by atoms with E-state index in [-0.39, 0.29) is 26.0 Å². The van der Waals surface area contributed by atoms with Crippen molar-refractivity contribution in [3.05, 3.63) is 35.9 Å². The predicted molar refractivity (Wildman–Crippen MR) is 108 cm³/mol. The molecule has 1 rings (SSSR count). The van der Waals surface area contributed by atoms with Gasteiger partial charge in [0.25, 0.3) is 0 Å². The Balaban J connectivity index is 2.54. The molecular weight excluding hydrogens is 392 g/mol. The molecule has 0 aromatic heterocycles. The molecule has 166 valence electrons. The van der Waals surface area contributed by atoms with Gasteiger partial charge in [0.1, 0.15) is 24.8 Å². The Labute approximate surface area is 176 Å². The van der Waals surface area contributed by atoms with Crippen LogP contribution in [0.5, 0.6) is 0 Å². The van der Waals surface area contributed by atoms with Crippen LogP contribution in [0.25, 0.3) is 0 Å². The van der Waals surface area contributed by atoms with Gasteiger partial charge in [0.15, 0.2) is 0 Å². The fourth-order valence-electron chi connectivity index (χ4n) is 2.33. The summed E-state index contributed by atoms with van der Waals surface area (Å²) in [6.07, 6.45) is -0.247. The van der Waals surface area contributed by atoms with Crippen LogP contribution < -0.4 is 10.6 Å². The number of hydrogen-bond acceptors (Lipinski definition) is 7. The summed E-state index contributed by atoms with van der Waals surface area (Å²) in [6, 6.07) is 8.28. The van der Waals surface area contributed by atoms with Crippen molar-refractivity contribution in [2.24, 2.45) is 0 Å². The second kappa shape index (κ2) is 12.5. The standard InChI is InChI=1S/C21H30N2O7/c1-21(2,3)30-20(27)23-16(19(26)22-13-18(25)28-4)11-8-12-17(24)29-14-15-9-6-5-7-10-15/h5-7,9-10,16H,8,11-14H2,1-4H3,(H,22,26)(H,23,27)/t16-/m0/s1. The summed E-state index contributed by atoms with van der Waals surface area (Å²) in [5.74, 6) is -1.61. The zero-order valence-electron chi connectivity index (χ0n) is 17.9. The van der Waals surface area contributed by atoms with E-state index < -0.39 is 35.6 Å². The minimum atomic E-state index is -0.980. The summed E-state index contributed by atoms with van der Waals surface area (Å²) in [6.45, 7) is 4.92. The van der Waals surface area contributed by atoms with Crippen molar-refractivity contribution < 1.29 is 33.4 Å². The molecule has 0 aliphatic carbocycles. The van der Waals surface area contributed by atoms with Gasteiger partial charge in [0.2, 0.25) is 5.91 Å². The Hall–Kier alpha value is -3.10. The zero-order chi connectivity index (χ0) is 22.6. The average molecular weight is 422 g/mol. The number of methoxy groups -OCH3 is 1. The van der Waals surface area contributed by atoms with Gasteiger partial charge in [-0.1, -0.05) is 30.3 Å². The first-order valence-corrected chi connectivity index (χ1v) is 9.64. The maximum absolute atomic E-state index is 12.3. The van der Waals surface area contributed by atoms with Crippen LogP contribution in [0.3, 0.4) is 0 Å². The van der Waals surface area contributed by atoms with Crippen LogP contribution in [0.15, 0.2) is 30.3 Å². The molecule has 0 saturated carbocycles. The van der Waals surface area contributed by atoms with E-state index in [1.807, 2.05) is 30.3 Å². The zero-order valence-corrected chi connectivity index (χ0v) is 17.9. The third kappa shape index (κ3) is 11.0. The lowest BCUT2D eigenvalue weighted by Gasteiger charge is -2.23. The number of esters is 2. The molecule has 1 atom stereocenters. The first-order valence-electron chi connectivity index (χ1n) is 9.64. The second-order valence-electron chi connectivity index (χ2n) is 7.53. The van der Waals surface area contributed by atoms with E-state index in [0.717, 1.165) is 5.56 Å². The monoisotopic (exact) mass is 422 g/mol. The van der Waals surface area contributed by atoms with Gasteiger partial charge in [0, 0.05) is 6.42 Å². The molecule has 0 saturated heterocycles. The lowest BCUT2D eigenvalue weighted by atomic mass is 10.1. The first-order chi connectivity index (χ1) is 14.1. The van der Waals surface area contributed by atoms with Crippen LogP contribution in [-0.2, 0) is 35.2 Å². The third-order valence-electron chi connectivity index (χ3n) is 3.76. The van der Waals surface area contributed by atoms with Gasteiger partial charge in [-0.3, -0.25) is 14.4 Å². The van der Waals surface area contributed by atoms with Crippen molar-refractivity contribution in [3.63, 3.8) is 0 Å². The molecule has 9 nitrogen and oxygen atoms in total. The highest BCUT2D eigenvalue weighted by atomic mass is 16.6. The highest BCUT2D eigenvalue weighted by Crippen LogP contribution is 2.09. The van der Waals surface area contributed by atoms with Crippen molar-refractivity contribution in [1.82, 2.24) is 10.6 Å². The van der Waals surface area contributed by atoms with Crippen molar-refractivity contribution in [1.29, 1.82) is 0 Å². The Morgan fingerprint density at radius 2 is 1.70 bits per heavy atom. The maximum Gasteiger partial charge on any atom is 0.408 e. The Kier molecular flexibility index (Phi) is 10.4. The highest BCUT2D eigenvalue weighted by molar-refractivity contribution is 5.88. The largest absolute Gasteiger partial charge is 0.468 e. The lowest BCUT2D eigenvalue weighted by Crippen LogP contribution is -2.49. The smallest absolute Gasteiger partial charge is 0.408 e. The summed E-state index contributed by atoms with van der Waals surface area (Å²) in [4.78, 5) is 47.5. The molecular formula is C21H30N2O7. The molecule has 0 aliphatic rings. The molecule has 2 N–H and O–H groups in total. The van der Waals surface area contributed by atoms with Crippen LogP contribution in [0.4, 0.5) is 4.79 Å². The van der Waals surface area contributed by atoms with E-state index in [9.17, 15) is 19.2 Å². The molecule has 1 aromatic carbocycles. The number of benzene rings is 1. The quantitative estimate of drug-likeness (QED) is 0.437. The fraction of sp³-hybridized carbons (Fsp3) is 0.524. The third-order valence-corrected chi connectivity index (χ3v) is 3.76. The number of carbonyl (C=O) groups is 4. The van der Waals surface area contributed by atoms with Gasteiger partial charge in [-0.2, -0.15) is 0 Å². The van der Waals surface area contributed by atoms with Gasteiger partial charge in [-0.15, -0.1) is 0 Å². The number of nitrogens with one attached hydrogen (secondary N) is 2. The fourth-order valence-corrected chi connectivity index (χ4v) is 2.33. The summed E-state index contributed by atoms with van der Waals surface area (Å²) >= 11 is 0. The van der Waals surface area contributed by atoms with E-state index >= 15 is 0 Å². The van der Waals surface area contributed by atoms with E-state index in [1.54, 1.807) is 20.8 Å². The van der Waals surface area contributed by atoms with Gasteiger partial charge in [-0.25, -0.2) is 4.79 Å². The molecule has 0 spiro atoms. The highest BCUT2D eigenvalue weighted by Gasteiger charge is 2.25. The molecule has 0 radical (unpaired) electrons. The SMILES string of the molecule is COC(=O)CNC(=O)[C@H](CCCC(=O)OCc1ccccc1)NC(=O)OC(C)(C)C. The minimum absolute atomic E-state index is 0.0730. The lowest BCUT2D eigenvalue weighted by molar-refractivity contribution is -0.145. The van der Waals surface area contributed by atoms with E-state index in [1.165, 1.54) is 7.11 Å². The topological polar surface area (TPSA) is 120 Å². The van der Waals surface area contributed by atoms with Gasteiger partial charge in [0.05, 0.1) is 7.11 Å². The molecule has 0 aliphatic heterocycles. The average Bonchev–Trinajstić information content (AvgIpc) is 2.68. The molecule has 0 heterocycles. The van der Waals surface area contributed by atoms with Crippen LogP contribution in [0.1, 0.15) is 45.6 Å². The number of alkyl carbamates (subject to hydrolysis) is 1. The van der Waals surface area contributed by atoms with Crippen molar-refractivity contribution >= 4 is 23.9 Å². The molecule has 0 unspecified atom stereocenters. The van der Waals surface area contributed by atoms with Crippen molar-refractivity contribution in [2.75, 3.05) is 13.7 Å². The molecule has 9 heteroatoms. The Morgan fingerprint density at radius 1 is 1.03 bits per heavy atom. The Bertz CT molecular complexity index is 714. The molecule has 30 heavy (non-hydrogen) atoms. The maximum atomic E-state index is 12.3. The molecule has 2 amide bonds. The number of amides is 2. The van der Waals surface area contributed by atoms with Crippen molar-refractivity contribution in [2.45, 2.75) is 58.3 Å². The minimum Gasteiger partial charge on any atom is -0.468 e. The number of carbonyl (C=O) groups excluding carboxylic acids is 4. The first kappa shape index (κ1) is 24.9. The van der Waals surface area contributed by atoms with E-state index in [2.05, 4.69) is 15.4 Å². The van der Waals surface area contributed by atoms with E-state index in [0.29, 0.717) is 6.42 Å². The Morgan fingerprint density at radius 3 is 2.30 bits per heavy atom. The van der Waals surface area contributed by atoms with Crippen molar-refractivity contribution in [3.8, 4) is 0 Å². The summed E-state index contributed by atoms with van der Waals surface area (Å²) < 4.78 is 14.8. The van der Waals surface area contributed by atoms with Gasteiger partial charge >= 0.3 is 18.0 Å². The molecule has 0 fully saturated rings. The summed E-state index contributed by atoms with van der Waals surface area (Å²) in [5.41, 5.74) is 0.135. The molecule has 1 aromatic rings. The van der Waals surface area contributed by atoms with E-state index in [4.69, 9.17) is 9.47 Å². The molecule has 0 bridgehead atoms. The van der Waals surface area contributed by atoms with Crippen LogP contribution in [0.2, 0.25) is 0 Å². The van der Waals surface area contributed by atoms with Crippen LogP contribution in [-0.4, -0.2) is 49.2 Å². The number of rotatable bonds is 10.